The van der Waals surface area contributed by atoms with E-state index in [1.807, 2.05) is 31.2 Å². The molecule has 0 atom stereocenters. The number of anilines is 3. The Kier molecular flexibility index (Phi) is 4.10. The Hall–Kier alpha value is -3.61. The van der Waals surface area contributed by atoms with Crippen molar-refractivity contribution in [1.29, 1.82) is 0 Å². The lowest BCUT2D eigenvalue weighted by atomic mass is 10.2. The highest BCUT2D eigenvalue weighted by Crippen LogP contribution is 2.34. The topological polar surface area (TPSA) is 85.4 Å². The van der Waals surface area contributed by atoms with Crippen LogP contribution in [-0.4, -0.2) is 22.7 Å². The SMILES string of the molecule is Cc1cccc(Nc2cc(C(=O)Nc3ccc4c(c3)OCO4)ncn2)c1. The zero-order valence-corrected chi connectivity index (χ0v) is 14.0. The molecule has 0 radical (unpaired) electrons. The number of aromatic nitrogens is 2. The molecular formula is C19H16N4O3. The van der Waals surface area contributed by atoms with Gasteiger partial charge in [-0.05, 0) is 36.8 Å². The summed E-state index contributed by atoms with van der Waals surface area (Å²) in [5.74, 6) is 1.47. The summed E-state index contributed by atoms with van der Waals surface area (Å²) in [5, 5.41) is 5.97. The van der Waals surface area contributed by atoms with Crippen LogP contribution in [0.4, 0.5) is 17.2 Å². The van der Waals surface area contributed by atoms with Crippen molar-refractivity contribution in [3.8, 4) is 11.5 Å². The summed E-state index contributed by atoms with van der Waals surface area (Å²) in [7, 11) is 0. The molecule has 2 N–H and O–H groups in total. The highest BCUT2D eigenvalue weighted by Gasteiger charge is 2.15. The number of rotatable bonds is 4. The molecule has 0 unspecified atom stereocenters. The van der Waals surface area contributed by atoms with Crippen LogP contribution in [0.3, 0.4) is 0 Å². The lowest BCUT2D eigenvalue weighted by Crippen LogP contribution is -2.14. The molecule has 1 aromatic heterocycles. The van der Waals surface area contributed by atoms with Crippen molar-refractivity contribution < 1.29 is 14.3 Å². The molecule has 0 aliphatic carbocycles. The molecule has 26 heavy (non-hydrogen) atoms. The summed E-state index contributed by atoms with van der Waals surface area (Å²) in [4.78, 5) is 20.7. The molecule has 7 nitrogen and oxygen atoms in total. The maximum Gasteiger partial charge on any atom is 0.274 e. The third-order valence-corrected chi connectivity index (χ3v) is 3.82. The number of carbonyl (C=O) groups is 1. The Balaban J connectivity index is 1.49. The molecule has 0 bridgehead atoms. The van der Waals surface area contributed by atoms with E-state index in [0.29, 0.717) is 23.0 Å². The third-order valence-electron chi connectivity index (χ3n) is 3.82. The maximum atomic E-state index is 12.5. The van der Waals surface area contributed by atoms with Crippen LogP contribution in [-0.2, 0) is 0 Å². The number of carbonyl (C=O) groups excluding carboxylic acids is 1. The molecular weight excluding hydrogens is 332 g/mol. The molecule has 3 aromatic rings. The van der Waals surface area contributed by atoms with Gasteiger partial charge in [0.1, 0.15) is 17.8 Å². The second-order valence-corrected chi connectivity index (χ2v) is 5.81. The Bertz CT molecular complexity index is 975. The summed E-state index contributed by atoms with van der Waals surface area (Å²) >= 11 is 0. The molecule has 2 aromatic carbocycles. The summed E-state index contributed by atoms with van der Waals surface area (Å²) in [5.41, 5.74) is 2.88. The summed E-state index contributed by atoms with van der Waals surface area (Å²) in [6, 6.07) is 14.7. The first-order valence-electron chi connectivity index (χ1n) is 8.04. The van der Waals surface area contributed by atoms with Gasteiger partial charge >= 0.3 is 0 Å². The first kappa shape index (κ1) is 15.9. The monoisotopic (exact) mass is 348 g/mol. The van der Waals surface area contributed by atoms with E-state index >= 15 is 0 Å². The molecule has 7 heteroatoms. The van der Waals surface area contributed by atoms with Gasteiger partial charge in [-0.15, -0.1) is 0 Å². The zero-order valence-electron chi connectivity index (χ0n) is 14.0. The normalized spacial score (nSPS) is 11.9. The molecule has 0 spiro atoms. The number of amides is 1. The largest absolute Gasteiger partial charge is 0.454 e. The van der Waals surface area contributed by atoms with E-state index in [-0.39, 0.29) is 18.4 Å². The minimum Gasteiger partial charge on any atom is -0.454 e. The molecule has 1 aliphatic rings. The van der Waals surface area contributed by atoms with E-state index < -0.39 is 0 Å². The number of benzene rings is 2. The summed E-state index contributed by atoms with van der Waals surface area (Å²) in [6.07, 6.45) is 1.35. The van der Waals surface area contributed by atoms with Crippen LogP contribution in [0.15, 0.2) is 54.9 Å². The Morgan fingerprint density at radius 2 is 1.88 bits per heavy atom. The van der Waals surface area contributed by atoms with Crippen LogP contribution in [0.25, 0.3) is 0 Å². The van der Waals surface area contributed by atoms with Crippen LogP contribution < -0.4 is 20.1 Å². The van der Waals surface area contributed by atoms with Crippen LogP contribution in [0, 0.1) is 6.92 Å². The van der Waals surface area contributed by atoms with E-state index in [2.05, 4.69) is 20.6 Å². The number of aryl methyl sites for hydroxylation is 1. The van der Waals surface area contributed by atoms with Crippen molar-refractivity contribution in [2.45, 2.75) is 6.92 Å². The average Bonchev–Trinajstić information content (AvgIpc) is 3.10. The average molecular weight is 348 g/mol. The van der Waals surface area contributed by atoms with Gasteiger partial charge in [0.15, 0.2) is 11.5 Å². The number of nitrogens with one attached hydrogen (secondary N) is 2. The first-order valence-corrected chi connectivity index (χ1v) is 8.04. The van der Waals surface area contributed by atoms with Gasteiger partial charge in [0.05, 0.1) is 0 Å². The van der Waals surface area contributed by atoms with Crippen LogP contribution in [0.1, 0.15) is 16.1 Å². The highest BCUT2D eigenvalue weighted by atomic mass is 16.7. The van der Waals surface area contributed by atoms with Gasteiger partial charge in [0.2, 0.25) is 6.79 Å². The van der Waals surface area contributed by atoms with Crippen molar-refractivity contribution in [2.75, 3.05) is 17.4 Å². The van der Waals surface area contributed by atoms with E-state index in [1.54, 1.807) is 24.3 Å². The minimum atomic E-state index is -0.335. The molecule has 130 valence electrons. The van der Waals surface area contributed by atoms with E-state index in [9.17, 15) is 4.79 Å². The molecule has 1 amide bonds. The third kappa shape index (κ3) is 3.41. The quantitative estimate of drug-likeness (QED) is 0.750. The summed E-state index contributed by atoms with van der Waals surface area (Å²) in [6.45, 7) is 2.20. The van der Waals surface area contributed by atoms with Gasteiger partial charge in [-0.2, -0.15) is 0 Å². The lowest BCUT2D eigenvalue weighted by Gasteiger charge is -2.08. The van der Waals surface area contributed by atoms with Crippen molar-refractivity contribution in [3.05, 3.63) is 66.1 Å². The minimum absolute atomic E-state index is 0.187. The predicted molar refractivity (Wildman–Crippen MR) is 97.0 cm³/mol. The Morgan fingerprint density at radius 1 is 1.00 bits per heavy atom. The predicted octanol–water partition coefficient (Wildman–Crippen LogP) is 3.51. The Morgan fingerprint density at radius 3 is 2.77 bits per heavy atom. The molecule has 0 saturated heterocycles. The van der Waals surface area contributed by atoms with Crippen LogP contribution in [0.5, 0.6) is 11.5 Å². The van der Waals surface area contributed by atoms with Gasteiger partial charge < -0.3 is 20.1 Å². The number of ether oxygens (including phenoxy) is 2. The van der Waals surface area contributed by atoms with E-state index in [4.69, 9.17) is 9.47 Å². The smallest absolute Gasteiger partial charge is 0.274 e. The van der Waals surface area contributed by atoms with Gasteiger partial charge in [0, 0.05) is 23.5 Å². The maximum absolute atomic E-state index is 12.5. The fourth-order valence-electron chi connectivity index (χ4n) is 2.59. The van der Waals surface area contributed by atoms with Gasteiger partial charge in [-0.1, -0.05) is 12.1 Å². The fraction of sp³-hybridized carbons (Fsp3) is 0.105. The zero-order chi connectivity index (χ0) is 17.9. The van der Waals surface area contributed by atoms with E-state index in [1.165, 1.54) is 6.33 Å². The number of fused-ring (bicyclic) bond motifs is 1. The fourth-order valence-corrected chi connectivity index (χ4v) is 2.59. The molecule has 4 rings (SSSR count). The number of nitrogens with zero attached hydrogens (tertiary/aromatic N) is 2. The Labute approximate surface area is 150 Å². The van der Waals surface area contributed by atoms with Crippen LogP contribution >= 0.6 is 0 Å². The highest BCUT2D eigenvalue weighted by molar-refractivity contribution is 6.03. The van der Waals surface area contributed by atoms with Crippen LogP contribution in [0.2, 0.25) is 0 Å². The molecule has 0 fully saturated rings. The van der Waals surface area contributed by atoms with Gasteiger partial charge in [-0.3, -0.25) is 4.79 Å². The first-order chi connectivity index (χ1) is 12.7. The second-order valence-electron chi connectivity index (χ2n) is 5.81. The number of hydrogen-bond donors (Lipinski definition) is 2. The standard InChI is InChI=1S/C19H16N4O3/c1-12-3-2-4-13(7-12)22-18-9-15(20-10-21-18)19(24)23-14-5-6-16-17(8-14)26-11-25-16/h2-10H,11H2,1H3,(H,23,24)(H,20,21,22). The molecule has 0 saturated carbocycles. The van der Waals surface area contributed by atoms with E-state index in [0.717, 1.165) is 11.3 Å². The van der Waals surface area contributed by atoms with Crippen molar-refractivity contribution in [3.63, 3.8) is 0 Å². The van der Waals surface area contributed by atoms with Crippen molar-refractivity contribution in [2.24, 2.45) is 0 Å². The molecule has 2 heterocycles. The summed E-state index contributed by atoms with van der Waals surface area (Å²) < 4.78 is 10.6. The second kappa shape index (κ2) is 6.72. The van der Waals surface area contributed by atoms with Gasteiger partial charge in [-0.25, -0.2) is 9.97 Å². The van der Waals surface area contributed by atoms with Crippen molar-refractivity contribution >= 4 is 23.1 Å². The lowest BCUT2D eigenvalue weighted by molar-refractivity contribution is 0.102. The van der Waals surface area contributed by atoms with Crippen molar-refractivity contribution in [1.82, 2.24) is 9.97 Å². The van der Waals surface area contributed by atoms with Gasteiger partial charge in [0.25, 0.3) is 5.91 Å². The molecule has 1 aliphatic heterocycles. The number of hydrogen-bond acceptors (Lipinski definition) is 6.